The van der Waals surface area contributed by atoms with Crippen LogP contribution in [-0.2, 0) is 10.2 Å². The van der Waals surface area contributed by atoms with Gasteiger partial charge >= 0.3 is 0 Å². The lowest BCUT2D eigenvalue weighted by Crippen LogP contribution is -2.40. The second kappa shape index (κ2) is 4.39. The third-order valence-electron chi connectivity index (χ3n) is 2.35. The van der Waals surface area contributed by atoms with Crippen LogP contribution < -0.4 is 0 Å². The van der Waals surface area contributed by atoms with E-state index in [0.717, 1.165) is 25.7 Å². The Morgan fingerprint density at radius 2 is 1.46 bits per heavy atom. The van der Waals surface area contributed by atoms with E-state index in [9.17, 15) is 8.42 Å². The van der Waals surface area contributed by atoms with Crippen molar-refractivity contribution in [1.82, 2.24) is 8.61 Å². The molecule has 0 amide bonds. The van der Waals surface area contributed by atoms with E-state index >= 15 is 0 Å². The highest BCUT2D eigenvalue weighted by Crippen LogP contribution is 2.14. The fourth-order valence-corrected chi connectivity index (χ4v) is 2.68. The van der Waals surface area contributed by atoms with Crippen LogP contribution in [0.5, 0.6) is 0 Å². The predicted molar refractivity (Wildman–Crippen MR) is 52.6 cm³/mol. The molecule has 1 aliphatic rings. The first-order valence-corrected chi connectivity index (χ1v) is 6.12. The van der Waals surface area contributed by atoms with Crippen molar-refractivity contribution in [2.75, 3.05) is 27.2 Å². The van der Waals surface area contributed by atoms with Crippen molar-refractivity contribution in [2.45, 2.75) is 25.7 Å². The van der Waals surface area contributed by atoms with E-state index in [1.807, 2.05) is 0 Å². The van der Waals surface area contributed by atoms with E-state index in [1.165, 1.54) is 4.31 Å². The second-order valence-corrected chi connectivity index (χ2v) is 5.75. The molecule has 0 aromatic heterocycles. The second-order valence-electron chi connectivity index (χ2n) is 3.60. The molecule has 0 atom stereocenters. The Morgan fingerprint density at radius 1 is 1.00 bits per heavy atom. The highest BCUT2D eigenvalue weighted by Gasteiger charge is 2.24. The Bertz CT molecular complexity index is 241. The minimum absolute atomic E-state index is 0.681. The third kappa shape index (κ3) is 2.65. The molecule has 0 radical (unpaired) electrons. The van der Waals surface area contributed by atoms with Gasteiger partial charge in [-0.2, -0.15) is 17.0 Å². The number of nitrogens with zero attached hydrogens (tertiary/aromatic N) is 2. The topological polar surface area (TPSA) is 40.6 Å². The first-order valence-electron chi connectivity index (χ1n) is 4.73. The molecule has 1 saturated heterocycles. The van der Waals surface area contributed by atoms with Gasteiger partial charge in [0.1, 0.15) is 0 Å². The van der Waals surface area contributed by atoms with E-state index in [4.69, 9.17) is 0 Å². The van der Waals surface area contributed by atoms with Gasteiger partial charge in [0.2, 0.25) is 0 Å². The van der Waals surface area contributed by atoms with Crippen molar-refractivity contribution < 1.29 is 8.42 Å². The number of hydrogen-bond donors (Lipinski definition) is 0. The smallest absolute Gasteiger partial charge is 0.195 e. The molecule has 0 aromatic rings. The summed E-state index contributed by atoms with van der Waals surface area (Å²) in [5.74, 6) is 0. The summed E-state index contributed by atoms with van der Waals surface area (Å²) in [5, 5.41) is 0. The van der Waals surface area contributed by atoms with Crippen LogP contribution in [0.2, 0.25) is 0 Å². The van der Waals surface area contributed by atoms with Crippen molar-refractivity contribution in [3.8, 4) is 0 Å². The zero-order chi connectivity index (χ0) is 9.90. The quantitative estimate of drug-likeness (QED) is 0.666. The molecule has 4 nitrogen and oxygen atoms in total. The third-order valence-corrected chi connectivity index (χ3v) is 4.29. The van der Waals surface area contributed by atoms with E-state index in [2.05, 4.69) is 0 Å². The molecule has 1 fully saturated rings. The fourth-order valence-electron chi connectivity index (χ4n) is 1.50. The maximum absolute atomic E-state index is 11.7. The first-order chi connectivity index (χ1) is 6.05. The maximum atomic E-state index is 11.7. The molecule has 0 saturated carbocycles. The van der Waals surface area contributed by atoms with Crippen molar-refractivity contribution in [1.29, 1.82) is 0 Å². The summed E-state index contributed by atoms with van der Waals surface area (Å²) < 4.78 is 26.3. The van der Waals surface area contributed by atoms with Gasteiger partial charge in [-0.25, -0.2) is 0 Å². The average Bonchev–Trinajstić information content (AvgIpc) is 2.31. The Morgan fingerprint density at radius 3 is 1.85 bits per heavy atom. The van der Waals surface area contributed by atoms with Crippen LogP contribution >= 0.6 is 0 Å². The normalized spacial score (nSPS) is 21.8. The highest BCUT2D eigenvalue weighted by atomic mass is 32.2. The Labute approximate surface area is 80.7 Å². The van der Waals surface area contributed by atoms with E-state index in [1.54, 1.807) is 18.4 Å². The summed E-state index contributed by atoms with van der Waals surface area (Å²) in [6.07, 6.45) is 4.29. The number of rotatable bonds is 2. The predicted octanol–water partition coefficient (Wildman–Crippen LogP) is 0.669. The van der Waals surface area contributed by atoms with Gasteiger partial charge in [0.05, 0.1) is 0 Å². The molecule has 78 valence electrons. The van der Waals surface area contributed by atoms with Gasteiger partial charge in [-0.1, -0.05) is 12.8 Å². The van der Waals surface area contributed by atoms with E-state index in [0.29, 0.717) is 13.1 Å². The van der Waals surface area contributed by atoms with Crippen LogP contribution in [0.25, 0.3) is 0 Å². The van der Waals surface area contributed by atoms with Gasteiger partial charge in [0.15, 0.2) is 0 Å². The Hall–Kier alpha value is -0.130. The zero-order valence-corrected chi connectivity index (χ0v) is 9.18. The minimum Gasteiger partial charge on any atom is -0.195 e. The minimum atomic E-state index is -3.16. The lowest BCUT2D eigenvalue weighted by Gasteiger charge is -2.23. The van der Waals surface area contributed by atoms with E-state index < -0.39 is 10.2 Å². The zero-order valence-electron chi connectivity index (χ0n) is 8.36. The molecular weight excluding hydrogens is 188 g/mol. The van der Waals surface area contributed by atoms with Crippen LogP contribution in [0.15, 0.2) is 0 Å². The van der Waals surface area contributed by atoms with Gasteiger partial charge in [-0.05, 0) is 12.8 Å². The molecule has 0 aliphatic carbocycles. The first kappa shape index (κ1) is 10.9. The molecular formula is C8H18N2O2S. The summed E-state index contributed by atoms with van der Waals surface area (Å²) in [5.41, 5.74) is 0. The monoisotopic (exact) mass is 206 g/mol. The summed E-state index contributed by atoms with van der Waals surface area (Å²) in [6, 6.07) is 0. The lowest BCUT2D eigenvalue weighted by atomic mass is 10.2. The van der Waals surface area contributed by atoms with Crippen molar-refractivity contribution in [2.24, 2.45) is 0 Å². The molecule has 1 rings (SSSR count). The molecule has 0 bridgehead atoms. The lowest BCUT2D eigenvalue weighted by molar-refractivity contribution is 0.384. The van der Waals surface area contributed by atoms with Crippen molar-refractivity contribution in [3.05, 3.63) is 0 Å². The average molecular weight is 206 g/mol. The molecule has 13 heavy (non-hydrogen) atoms. The molecule has 5 heteroatoms. The highest BCUT2D eigenvalue weighted by molar-refractivity contribution is 7.86. The van der Waals surface area contributed by atoms with Gasteiger partial charge in [0.25, 0.3) is 10.2 Å². The summed E-state index contributed by atoms with van der Waals surface area (Å²) in [7, 11) is 0.0105. The molecule has 1 aliphatic heterocycles. The molecule has 0 aromatic carbocycles. The Balaban J connectivity index is 2.69. The molecule has 0 spiro atoms. The van der Waals surface area contributed by atoms with Crippen LogP contribution in [0.3, 0.4) is 0 Å². The summed E-state index contributed by atoms with van der Waals surface area (Å²) in [6.45, 7) is 1.36. The van der Waals surface area contributed by atoms with Gasteiger partial charge in [-0.3, -0.25) is 0 Å². The van der Waals surface area contributed by atoms with Gasteiger partial charge in [-0.15, -0.1) is 0 Å². The molecule has 1 heterocycles. The van der Waals surface area contributed by atoms with Crippen LogP contribution in [0.4, 0.5) is 0 Å². The van der Waals surface area contributed by atoms with Gasteiger partial charge in [0, 0.05) is 27.2 Å². The largest absolute Gasteiger partial charge is 0.281 e. The molecule has 0 unspecified atom stereocenters. The fraction of sp³-hybridized carbons (Fsp3) is 1.00. The van der Waals surface area contributed by atoms with Gasteiger partial charge < -0.3 is 0 Å². The van der Waals surface area contributed by atoms with Crippen LogP contribution in [-0.4, -0.2) is 44.2 Å². The number of hydrogen-bond acceptors (Lipinski definition) is 2. The van der Waals surface area contributed by atoms with Crippen LogP contribution in [0.1, 0.15) is 25.7 Å². The van der Waals surface area contributed by atoms with E-state index in [-0.39, 0.29) is 0 Å². The maximum Gasteiger partial charge on any atom is 0.281 e. The summed E-state index contributed by atoms with van der Waals surface area (Å²) >= 11 is 0. The summed E-state index contributed by atoms with van der Waals surface area (Å²) in [4.78, 5) is 0. The SMILES string of the molecule is CN(C)S(=O)(=O)N1CCCCCC1. The molecule has 0 N–H and O–H groups in total. The Kier molecular flexibility index (Phi) is 3.70. The van der Waals surface area contributed by atoms with Crippen molar-refractivity contribution in [3.63, 3.8) is 0 Å². The van der Waals surface area contributed by atoms with Crippen LogP contribution in [0, 0.1) is 0 Å². The van der Waals surface area contributed by atoms with Crippen molar-refractivity contribution >= 4 is 10.2 Å². The standard InChI is InChI=1S/C8H18N2O2S/c1-9(2)13(11,12)10-7-5-3-4-6-8-10/h3-8H2,1-2H3.